The van der Waals surface area contributed by atoms with Crippen LogP contribution in [0.2, 0.25) is 0 Å². The largest absolute Gasteiger partial charge is 0.378 e. The summed E-state index contributed by atoms with van der Waals surface area (Å²) in [6.07, 6.45) is 0. The van der Waals surface area contributed by atoms with Crippen LogP contribution in [-0.2, 0) is 48.2 Å². The van der Waals surface area contributed by atoms with Gasteiger partial charge in [0.05, 0.1) is 112 Å². The third kappa shape index (κ3) is 16.1. The number of nitrogens with one attached hydrogen (secondary N) is 1. The molecule has 0 amide bonds. The van der Waals surface area contributed by atoms with Gasteiger partial charge in [-0.1, -0.05) is 91.0 Å². The molecular weight excluding hydrogens is 614 g/mol. The fraction of sp³-hybridized carbons (Fsp3) is 0.526. The lowest BCUT2D eigenvalue weighted by atomic mass is 9.80. The Bertz CT molecular complexity index is 1030. The van der Waals surface area contributed by atoms with Crippen LogP contribution in [0.4, 0.5) is 0 Å². The molecule has 266 valence electrons. The van der Waals surface area contributed by atoms with Gasteiger partial charge in [-0.15, -0.1) is 0 Å². The van der Waals surface area contributed by atoms with Crippen molar-refractivity contribution in [3.8, 4) is 0 Å². The van der Waals surface area contributed by atoms with Gasteiger partial charge in [0.25, 0.3) is 0 Å². The molecule has 0 aliphatic carbocycles. The van der Waals surface area contributed by atoms with Crippen molar-refractivity contribution in [1.29, 1.82) is 0 Å². The van der Waals surface area contributed by atoms with Crippen LogP contribution in [0.15, 0.2) is 91.0 Å². The summed E-state index contributed by atoms with van der Waals surface area (Å²) < 4.78 is 51.1. The first-order chi connectivity index (χ1) is 23.9. The predicted octanol–water partition coefficient (Wildman–Crippen LogP) is 4.35. The van der Waals surface area contributed by atoms with E-state index in [2.05, 4.69) is 41.7 Å². The molecule has 10 heteroatoms. The van der Waals surface area contributed by atoms with Crippen molar-refractivity contribution < 1.29 is 42.6 Å². The Morgan fingerprint density at radius 3 is 0.875 bits per heavy atom. The molecule has 0 fully saturated rings. The highest BCUT2D eigenvalue weighted by atomic mass is 16.6. The standard InChI is InChI=1S/C38H55NO9/c1-39-17-18-40-19-20-41-21-22-42-23-24-43-25-26-44-27-28-45-29-30-46-31-32-47-33-34-48-38(35-11-5-2-6-12-35,36-13-7-3-8-14-36)37-15-9-4-10-16-37/h2-16,39H,17-34H2,1H3. The first-order valence-electron chi connectivity index (χ1n) is 16.9. The van der Waals surface area contributed by atoms with E-state index in [4.69, 9.17) is 42.6 Å². The zero-order valence-electron chi connectivity index (χ0n) is 28.6. The molecule has 0 aromatic heterocycles. The zero-order valence-corrected chi connectivity index (χ0v) is 28.6. The van der Waals surface area contributed by atoms with Crippen LogP contribution in [0.25, 0.3) is 0 Å². The van der Waals surface area contributed by atoms with Gasteiger partial charge in [0.2, 0.25) is 0 Å². The van der Waals surface area contributed by atoms with Crippen LogP contribution in [0, 0.1) is 0 Å². The Hall–Kier alpha value is -2.74. The Balaban J connectivity index is 1.14. The van der Waals surface area contributed by atoms with Gasteiger partial charge < -0.3 is 47.9 Å². The van der Waals surface area contributed by atoms with Gasteiger partial charge in [0.15, 0.2) is 0 Å². The second kappa shape index (κ2) is 27.1. The van der Waals surface area contributed by atoms with Crippen molar-refractivity contribution in [2.45, 2.75) is 5.60 Å². The molecule has 1 N–H and O–H groups in total. The minimum atomic E-state index is -0.745. The molecule has 0 radical (unpaired) electrons. The first-order valence-corrected chi connectivity index (χ1v) is 16.9. The molecule has 3 aromatic carbocycles. The summed E-state index contributed by atoms with van der Waals surface area (Å²) in [4.78, 5) is 0. The monoisotopic (exact) mass is 669 g/mol. The van der Waals surface area contributed by atoms with Gasteiger partial charge in [-0.05, 0) is 23.7 Å². The van der Waals surface area contributed by atoms with Crippen LogP contribution >= 0.6 is 0 Å². The van der Waals surface area contributed by atoms with Gasteiger partial charge in [0.1, 0.15) is 5.60 Å². The maximum Gasteiger partial charge on any atom is 0.143 e. The number of rotatable bonds is 31. The summed E-state index contributed by atoms with van der Waals surface area (Å²) in [5.74, 6) is 0. The average Bonchev–Trinajstić information content (AvgIpc) is 3.14. The van der Waals surface area contributed by atoms with E-state index in [9.17, 15) is 0 Å². The van der Waals surface area contributed by atoms with Gasteiger partial charge in [-0.25, -0.2) is 0 Å². The molecule has 48 heavy (non-hydrogen) atoms. The topological polar surface area (TPSA) is 95.1 Å². The molecule has 0 aliphatic heterocycles. The minimum Gasteiger partial charge on any atom is -0.378 e. The highest BCUT2D eigenvalue weighted by Crippen LogP contribution is 2.40. The lowest BCUT2D eigenvalue weighted by Crippen LogP contribution is -2.34. The van der Waals surface area contributed by atoms with Crippen molar-refractivity contribution in [2.24, 2.45) is 0 Å². The van der Waals surface area contributed by atoms with Gasteiger partial charge in [-0.3, -0.25) is 0 Å². The lowest BCUT2D eigenvalue weighted by Gasteiger charge is -2.36. The molecule has 0 saturated heterocycles. The van der Waals surface area contributed by atoms with E-state index in [0.717, 1.165) is 23.2 Å². The number of benzene rings is 3. The molecular formula is C38H55NO9. The second-order valence-corrected chi connectivity index (χ2v) is 10.6. The first kappa shape index (κ1) is 39.7. The molecule has 0 bridgehead atoms. The third-order valence-electron chi connectivity index (χ3n) is 7.19. The lowest BCUT2D eigenvalue weighted by molar-refractivity contribution is -0.0398. The van der Waals surface area contributed by atoms with Crippen LogP contribution in [0.3, 0.4) is 0 Å². The highest BCUT2D eigenvalue weighted by Gasteiger charge is 2.37. The quantitative estimate of drug-likeness (QED) is 0.0788. The normalized spacial score (nSPS) is 11.7. The van der Waals surface area contributed by atoms with Crippen LogP contribution in [-0.4, -0.2) is 126 Å². The molecule has 0 saturated carbocycles. The number of ether oxygens (including phenoxy) is 9. The SMILES string of the molecule is CNCCOCCOCCOCCOCCOCCOCCOCCOCCOC(c1ccccc1)(c1ccccc1)c1ccccc1. The van der Waals surface area contributed by atoms with Gasteiger partial charge in [-0.2, -0.15) is 0 Å². The predicted molar refractivity (Wildman–Crippen MR) is 186 cm³/mol. The summed E-state index contributed by atoms with van der Waals surface area (Å²) in [6.45, 7) is 9.74. The van der Waals surface area contributed by atoms with Crippen LogP contribution in [0.5, 0.6) is 0 Å². The Morgan fingerprint density at radius 1 is 0.354 bits per heavy atom. The Kier molecular flexibility index (Phi) is 22.4. The second-order valence-electron chi connectivity index (χ2n) is 10.6. The van der Waals surface area contributed by atoms with Crippen LogP contribution < -0.4 is 5.32 Å². The van der Waals surface area contributed by atoms with E-state index < -0.39 is 5.60 Å². The van der Waals surface area contributed by atoms with Crippen molar-refractivity contribution in [1.82, 2.24) is 5.32 Å². The molecule has 0 unspecified atom stereocenters. The fourth-order valence-corrected chi connectivity index (χ4v) is 4.84. The third-order valence-corrected chi connectivity index (χ3v) is 7.19. The maximum atomic E-state index is 6.72. The van der Waals surface area contributed by atoms with E-state index in [1.165, 1.54) is 0 Å². The Morgan fingerprint density at radius 2 is 0.604 bits per heavy atom. The molecule has 3 aromatic rings. The van der Waals surface area contributed by atoms with Crippen molar-refractivity contribution >= 4 is 0 Å². The minimum absolute atomic E-state index is 0.421. The summed E-state index contributed by atoms with van der Waals surface area (Å²) >= 11 is 0. The Labute approximate surface area is 286 Å². The van der Waals surface area contributed by atoms with Crippen molar-refractivity contribution in [3.63, 3.8) is 0 Å². The molecule has 0 heterocycles. The van der Waals surface area contributed by atoms with Crippen LogP contribution in [0.1, 0.15) is 16.7 Å². The number of hydrogen-bond acceptors (Lipinski definition) is 10. The summed E-state index contributed by atoms with van der Waals surface area (Å²) in [5.41, 5.74) is 2.47. The molecule has 3 rings (SSSR count). The zero-order chi connectivity index (χ0) is 33.6. The van der Waals surface area contributed by atoms with E-state index >= 15 is 0 Å². The average molecular weight is 670 g/mol. The molecule has 10 nitrogen and oxygen atoms in total. The fourth-order valence-electron chi connectivity index (χ4n) is 4.84. The van der Waals surface area contributed by atoms with E-state index in [-0.39, 0.29) is 0 Å². The maximum absolute atomic E-state index is 6.72. The summed E-state index contributed by atoms with van der Waals surface area (Å²) in [7, 11) is 1.90. The molecule has 0 atom stereocenters. The molecule has 0 spiro atoms. The van der Waals surface area contributed by atoms with Crippen molar-refractivity contribution in [3.05, 3.63) is 108 Å². The van der Waals surface area contributed by atoms with E-state index in [1.807, 2.05) is 61.6 Å². The summed E-state index contributed by atoms with van der Waals surface area (Å²) in [5, 5.41) is 3.03. The van der Waals surface area contributed by atoms with Gasteiger partial charge in [0, 0.05) is 6.54 Å². The smallest absolute Gasteiger partial charge is 0.143 e. The molecule has 0 aliphatic rings. The van der Waals surface area contributed by atoms with E-state index in [1.54, 1.807) is 0 Å². The number of hydrogen-bond donors (Lipinski definition) is 1. The summed E-state index contributed by atoms with van der Waals surface area (Å²) in [6, 6.07) is 31.0. The van der Waals surface area contributed by atoms with E-state index in [0.29, 0.717) is 112 Å². The van der Waals surface area contributed by atoms with Crippen molar-refractivity contribution in [2.75, 3.05) is 126 Å². The van der Waals surface area contributed by atoms with Gasteiger partial charge >= 0.3 is 0 Å². The number of likely N-dealkylation sites (N-methyl/N-ethyl adjacent to an activating group) is 1. The highest BCUT2D eigenvalue weighted by molar-refractivity contribution is 5.47.